The Labute approximate surface area is 126 Å². The number of methoxy groups -OCH3 is 1. The van der Waals surface area contributed by atoms with Gasteiger partial charge in [-0.05, 0) is 25.1 Å². The molecule has 2 N–H and O–H groups in total. The highest BCUT2D eigenvalue weighted by molar-refractivity contribution is 6.30. The minimum atomic E-state index is -0.732. The van der Waals surface area contributed by atoms with Crippen LogP contribution < -0.4 is 5.32 Å². The Morgan fingerprint density at radius 1 is 1.33 bits per heavy atom. The number of ether oxygens (including phenoxy) is 1. The molecule has 0 radical (unpaired) electrons. The summed E-state index contributed by atoms with van der Waals surface area (Å²) in [6, 6.07) is 7.96. The number of hydrogen-bond acceptors (Lipinski definition) is 4. The van der Waals surface area contributed by atoms with Crippen molar-refractivity contribution in [3.8, 4) is 11.3 Å². The van der Waals surface area contributed by atoms with E-state index < -0.39 is 17.9 Å². The van der Waals surface area contributed by atoms with Crippen molar-refractivity contribution in [3.63, 3.8) is 0 Å². The lowest BCUT2D eigenvalue weighted by atomic mass is 10.1. The van der Waals surface area contributed by atoms with Crippen molar-refractivity contribution in [3.05, 3.63) is 41.0 Å². The number of nitrogens with one attached hydrogen (secondary N) is 2. The molecule has 0 aliphatic rings. The van der Waals surface area contributed by atoms with E-state index in [-0.39, 0.29) is 5.69 Å². The van der Waals surface area contributed by atoms with Crippen molar-refractivity contribution in [2.75, 3.05) is 7.11 Å². The molecule has 2 rings (SSSR count). The maximum atomic E-state index is 12.0. The first-order valence-corrected chi connectivity index (χ1v) is 6.59. The standard InChI is InChI=1S/C14H14ClN3O3/c1-8(14(20)21-2)16-13(19)12-7-11(17-18-12)9-3-5-10(15)6-4-9/h3-8H,1-2H3,(H,16,19)(H,17,18). The zero-order chi connectivity index (χ0) is 15.4. The lowest BCUT2D eigenvalue weighted by Gasteiger charge is -2.09. The molecule has 1 aromatic carbocycles. The number of rotatable bonds is 4. The van der Waals surface area contributed by atoms with Gasteiger partial charge in [-0.25, -0.2) is 4.79 Å². The predicted molar refractivity (Wildman–Crippen MR) is 78.0 cm³/mol. The first-order chi connectivity index (χ1) is 10.0. The van der Waals surface area contributed by atoms with E-state index in [4.69, 9.17) is 11.6 Å². The Morgan fingerprint density at radius 2 is 2.00 bits per heavy atom. The number of carbonyl (C=O) groups is 2. The van der Waals surface area contributed by atoms with Crippen molar-refractivity contribution in [2.24, 2.45) is 0 Å². The van der Waals surface area contributed by atoms with Gasteiger partial charge < -0.3 is 10.1 Å². The summed E-state index contributed by atoms with van der Waals surface area (Å²) in [6.45, 7) is 1.54. The summed E-state index contributed by atoms with van der Waals surface area (Å²) in [4.78, 5) is 23.2. The summed E-state index contributed by atoms with van der Waals surface area (Å²) in [5.74, 6) is -0.943. The lowest BCUT2D eigenvalue weighted by Crippen LogP contribution is -2.39. The van der Waals surface area contributed by atoms with E-state index in [2.05, 4.69) is 20.3 Å². The number of hydrogen-bond donors (Lipinski definition) is 2. The summed E-state index contributed by atoms with van der Waals surface area (Å²) in [5, 5.41) is 9.84. The molecule has 21 heavy (non-hydrogen) atoms. The fourth-order valence-electron chi connectivity index (χ4n) is 1.72. The third kappa shape index (κ3) is 3.61. The average molecular weight is 308 g/mol. The smallest absolute Gasteiger partial charge is 0.328 e. The zero-order valence-electron chi connectivity index (χ0n) is 11.5. The van der Waals surface area contributed by atoms with Crippen LogP contribution >= 0.6 is 11.6 Å². The number of H-pyrrole nitrogens is 1. The minimum absolute atomic E-state index is 0.260. The summed E-state index contributed by atoms with van der Waals surface area (Å²) in [7, 11) is 1.26. The molecular weight excluding hydrogens is 294 g/mol. The van der Waals surface area contributed by atoms with Crippen LogP contribution in [0.4, 0.5) is 0 Å². The van der Waals surface area contributed by atoms with Crippen molar-refractivity contribution < 1.29 is 14.3 Å². The Kier molecular flexibility index (Phi) is 4.59. The van der Waals surface area contributed by atoms with E-state index in [1.807, 2.05) is 0 Å². The zero-order valence-corrected chi connectivity index (χ0v) is 12.3. The van der Waals surface area contributed by atoms with Crippen LogP contribution in [-0.4, -0.2) is 35.2 Å². The average Bonchev–Trinajstić information content (AvgIpc) is 2.97. The van der Waals surface area contributed by atoms with Crippen LogP contribution in [0.3, 0.4) is 0 Å². The van der Waals surface area contributed by atoms with Gasteiger partial charge in [0.1, 0.15) is 11.7 Å². The maximum absolute atomic E-state index is 12.0. The van der Waals surface area contributed by atoms with Gasteiger partial charge in [-0.1, -0.05) is 23.7 Å². The van der Waals surface area contributed by atoms with Crippen LogP contribution in [0.5, 0.6) is 0 Å². The van der Waals surface area contributed by atoms with Crippen LogP contribution in [0, 0.1) is 0 Å². The third-order valence-corrected chi connectivity index (χ3v) is 3.12. The van der Waals surface area contributed by atoms with E-state index in [1.54, 1.807) is 37.3 Å². The fraction of sp³-hybridized carbons (Fsp3) is 0.214. The summed E-state index contributed by atoms with van der Waals surface area (Å²) >= 11 is 5.82. The molecule has 110 valence electrons. The van der Waals surface area contributed by atoms with E-state index in [1.165, 1.54) is 7.11 Å². The molecule has 2 aromatic rings. The maximum Gasteiger partial charge on any atom is 0.328 e. The second-order valence-corrected chi connectivity index (χ2v) is 4.83. The van der Waals surface area contributed by atoms with E-state index >= 15 is 0 Å². The SMILES string of the molecule is COC(=O)C(C)NC(=O)c1cc(-c2ccc(Cl)cc2)n[nH]1. The molecule has 6 nitrogen and oxygen atoms in total. The second-order valence-electron chi connectivity index (χ2n) is 4.39. The van der Waals surface area contributed by atoms with E-state index in [0.717, 1.165) is 5.56 Å². The van der Waals surface area contributed by atoms with Gasteiger partial charge in [0.25, 0.3) is 5.91 Å². The van der Waals surface area contributed by atoms with Crippen LogP contribution in [0.2, 0.25) is 5.02 Å². The van der Waals surface area contributed by atoms with Gasteiger partial charge in [0.05, 0.1) is 12.8 Å². The molecule has 0 fully saturated rings. The molecule has 1 aromatic heterocycles. The Morgan fingerprint density at radius 3 is 2.62 bits per heavy atom. The van der Waals surface area contributed by atoms with Gasteiger partial charge in [0.15, 0.2) is 0 Å². The lowest BCUT2D eigenvalue weighted by molar-refractivity contribution is -0.142. The summed E-state index contributed by atoms with van der Waals surface area (Å²) in [6.07, 6.45) is 0. The van der Waals surface area contributed by atoms with Gasteiger partial charge in [0.2, 0.25) is 0 Å². The Hall–Kier alpha value is -2.34. The molecule has 0 bridgehead atoms. The van der Waals surface area contributed by atoms with E-state index in [0.29, 0.717) is 10.7 Å². The molecule has 1 unspecified atom stereocenters. The highest BCUT2D eigenvalue weighted by atomic mass is 35.5. The normalized spacial score (nSPS) is 11.8. The summed E-state index contributed by atoms with van der Waals surface area (Å²) < 4.78 is 4.54. The Balaban J connectivity index is 2.10. The van der Waals surface area contributed by atoms with Crippen LogP contribution in [0.25, 0.3) is 11.3 Å². The topological polar surface area (TPSA) is 84.1 Å². The molecule has 1 amide bonds. The monoisotopic (exact) mass is 307 g/mol. The molecule has 0 saturated heterocycles. The highest BCUT2D eigenvalue weighted by Gasteiger charge is 2.18. The van der Waals surface area contributed by atoms with Crippen molar-refractivity contribution in [1.29, 1.82) is 0 Å². The number of halogens is 1. The molecule has 7 heteroatoms. The number of nitrogens with zero attached hydrogens (tertiary/aromatic N) is 1. The number of benzene rings is 1. The van der Waals surface area contributed by atoms with Crippen LogP contribution in [0.15, 0.2) is 30.3 Å². The van der Waals surface area contributed by atoms with Crippen molar-refractivity contribution >= 4 is 23.5 Å². The molecule has 1 heterocycles. The quantitative estimate of drug-likeness (QED) is 0.846. The first-order valence-electron chi connectivity index (χ1n) is 6.21. The van der Waals surface area contributed by atoms with E-state index in [9.17, 15) is 9.59 Å². The molecule has 0 spiro atoms. The Bertz CT molecular complexity index is 652. The van der Waals surface area contributed by atoms with Gasteiger partial charge in [-0.2, -0.15) is 5.10 Å². The molecular formula is C14H14ClN3O3. The molecule has 1 atom stereocenters. The van der Waals surface area contributed by atoms with Crippen molar-refractivity contribution in [2.45, 2.75) is 13.0 Å². The highest BCUT2D eigenvalue weighted by Crippen LogP contribution is 2.20. The van der Waals surface area contributed by atoms with Gasteiger partial charge in [-0.15, -0.1) is 0 Å². The third-order valence-electron chi connectivity index (χ3n) is 2.86. The van der Waals surface area contributed by atoms with Crippen molar-refractivity contribution in [1.82, 2.24) is 15.5 Å². The minimum Gasteiger partial charge on any atom is -0.467 e. The fourth-order valence-corrected chi connectivity index (χ4v) is 1.84. The van der Waals surface area contributed by atoms with Gasteiger partial charge in [0, 0.05) is 10.6 Å². The predicted octanol–water partition coefficient (Wildman–Crippen LogP) is 2.02. The van der Waals surface area contributed by atoms with Crippen LogP contribution in [-0.2, 0) is 9.53 Å². The van der Waals surface area contributed by atoms with Crippen LogP contribution in [0.1, 0.15) is 17.4 Å². The second kappa shape index (κ2) is 6.41. The van der Waals surface area contributed by atoms with Gasteiger partial charge >= 0.3 is 5.97 Å². The largest absolute Gasteiger partial charge is 0.467 e. The first kappa shape index (κ1) is 15.1. The number of amides is 1. The molecule has 0 saturated carbocycles. The molecule has 0 aliphatic heterocycles. The number of aromatic amines is 1. The number of carbonyl (C=O) groups excluding carboxylic acids is 2. The summed E-state index contributed by atoms with van der Waals surface area (Å²) in [5.41, 5.74) is 1.70. The number of esters is 1. The number of aromatic nitrogens is 2. The molecule has 0 aliphatic carbocycles. The van der Waals surface area contributed by atoms with Gasteiger partial charge in [-0.3, -0.25) is 9.89 Å².